The van der Waals surface area contributed by atoms with Crippen molar-refractivity contribution in [3.63, 3.8) is 0 Å². The van der Waals surface area contributed by atoms with Gasteiger partial charge in [0.15, 0.2) is 0 Å². The maximum Gasteiger partial charge on any atom is 0.274 e. The zero-order chi connectivity index (χ0) is 17.8. The molecule has 1 atom stereocenters. The summed E-state index contributed by atoms with van der Waals surface area (Å²) in [4.78, 5) is 23.2. The van der Waals surface area contributed by atoms with Crippen molar-refractivity contribution in [1.29, 1.82) is 0 Å². The Bertz CT molecular complexity index is 751. The highest BCUT2D eigenvalue weighted by Gasteiger charge is 2.27. The summed E-state index contributed by atoms with van der Waals surface area (Å²) in [5, 5.41) is 4.05. The molecule has 1 N–H and O–H groups in total. The van der Waals surface area contributed by atoms with Gasteiger partial charge in [-0.15, -0.1) is 0 Å². The maximum atomic E-state index is 12.7. The van der Waals surface area contributed by atoms with Crippen LogP contribution in [0.1, 0.15) is 43.1 Å². The standard InChI is InChI=1S/C18H20Cl2N4O/c1-2-13-5-3-4-8-24(13)18(25)16-10-22-17(11-21-16)23-12-6-7-14(19)15(20)9-12/h6-7,9-11,13H,2-5,8H2,1H3,(H,22,23). The van der Waals surface area contributed by atoms with E-state index < -0.39 is 0 Å². The number of anilines is 2. The molecule has 0 radical (unpaired) electrons. The normalized spacial score (nSPS) is 17.4. The monoisotopic (exact) mass is 378 g/mol. The molecule has 0 spiro atoms. The summed E-state index contributed by atoms with van der Waals surface area (Å²) in [5.41, 5.74) is 1.13. The average molecular weight is 379 g/mol. The van der Waals surface area contributed by atoms with Crippen LogP contribution >= 0.6 is 23.2 Å². The second kappa shape index (κ2) is 8.02. The molecule has 7 heteroatoms. The second-order valence-electron chi connectivity index (χ2n) is 6.10. The van der Waals surface area contributed by atoms with Crippen LogP contribution in [-0.2, 0) is 0 Å². The number of likely N-dealkylation sites (tertiary alicyclic amines) is 1. The summed E-state index contributed by atoms with van der Waals surface area (Å²) in [5.74, 6) is 0.501. The van der Waals surface area contributed by atoms with Gasteiger partial charge in [-0.1, -0.05) is 30.1 Å². The van der Waals surface area contributed by atoms with E-state index in [1.807, 2.05) is 4.90 Å². The van der Waals surface area contributed by atoms with Crippen LogP contribution in [0.4, 0.5) is 11.5 Å². The summed E-state index contributed by atoms with van der Waals surface area (Å²) in [6.45, 7) is 2.91. The van der Waals surface area contributed by atoms with Crippen LogP contribution in [0.15, 0.2) is 30.6 Å². The first-order valence-electron chi connectivity index (χ1n) is 8.43. The Morgan fingerprint density at radius 3 is 2.76 bits per heavy atom. The number of carbonyl (C=O) groups excluding carboxylic acids is 1. The average Bonchev–Trinajstić information content (AvgIpc) is 2.65. The van der Waals surface area contributed by atoms with E-state index in [1.165, 1.54) is 12.6 Å². The molecule has 132 valence electrons. The summed E-state index contributed by atoms with van der Waals surface area (Å²) in [6.07, 6.45) is 7.33. The van der Waals surface area contributed by atoms with Crippen LogP contribution in [0, 0.1) is 0 Å². The van der Waals surface area contributed by atoms with Crippen LogP contribution in [0.3, 0.4) is 0 Å². The SMILES string of the molecule is CCC1CCCCN1C(=O)c1cnc(Nc2ccc(Cl)c(Cl)c2)cn1. The van der Waals surface area contributed by atoms with E-state index in [0.717, 1.165) is 31.5 Å². The zero-order valence-electron chi connectivity index (χ0n) is 14.0. The molecule has 0 saturated carbocycles. The second-order valence-corrected chi connectivity index (χ2v) is 6.91. The van der Waals surface area contributed by atoms with Crippen molar-refractivity contribution in [2.45, 2.75) is 38.6 Å². The Labute approximate surface area is 157 Å². The number of rotatable bonds is 4. The summed E-state index contributed by atoms with van der Waals surface area (Å²) in [6, 6.07) is 5.52. The van der Waals surface area contributed by atoms with E-state index in [4.69, 9.17) is 23.2 Å². The first-order chi connectivity index (χ1) is 12.1. The van der Waals surface area contributed by atoms with Crippen molar-refractivity contribution in [2.24, 2.45) is 0 Å². The zero-order valence-corrected chi connectivity index (χ0v) is 15.5. The van der Waals surface area contributed by atoms with E-state index in [9.17, 15) is 4.79 Å². The third kappa shape index (κ3) is 4.22. The molecule has 0 bridgehead atoms. The van der Waals surface area contributed by atoms with Gasteiger partial charge in [-0.25, -0.2) is 9.97 Å². The Morgan fingerprint density at radius 2 is 2.08 bits per heavy atom. The molecule has 1 unspecified atom stereocenters. The molecule has 1 aliphatic rings. The quantitative estimate of drug-likeness (QED) is 0.818. The first kappa shape index (κ1) is 18.0. The van der Waals surface area contributed by atoms with Crippen LogP contribution in [-0.4, -0.2) is 33.4 Å². The smallest absolute Gasteiger partial charge is 0.274 e. The minimum atomic E-state index is -0.0415. The number of nitrogens with one attached hydrogen (secondary N) is 1. The number of hydrogen-bond acceptors (Lipinski definition) is 4. The number of piperidine rings is 1. The van der Waals surface area contributed by atoms with Crippen LogP contribution in [0.2, 0.25) is 10.0 Å². The van der Waals surface area contributed by atoms with Gasteiger partial charge in [0.2, 0.25) is 0 Å². The van der Waals surface area contributed by atoms with Crippen LogP contribution < -0.4 is 5.32 Å². The van der Waals surface area contributed by atoms with E-state index >= 15 is 0 Å². The van der Waals surface area contributed by atoms with Crippen molar-refractivity contribution in [2.75, 3.05) is 11.9 Å². The molecule has 3 rings (SSSR count). The lowest BCUT2D eigenvalue weighted by atomic mass is 10.00. The molecule has 1 aliphatic heterocycles. The molecule has 1 aromatic heterocycles. The fraction of sp³-hybridized carbons (Fsp3) is 0.389. The van der Waals surface area contributed by atoms with Crippen LogP contribution in [0.5, 0.6) is 0 Å². The number of amides is 1. The van der Waals surface area contributed by atoms with E-state index in [0.29, 0.717) is 27.6 Å². The van der Waals surface area contributed by atoms with Gasteiger partial charge in [-0.3, -0.25) is 4.79 Å². The minimum absolute atomic E-state index is 0.0415. The number of aromatic nitrogens is 2. The Balaban J connectivity index is 1.71. The molecular formula is C18H20Cl2N4O. The van der Waals surface area contributed by atoms with Crippen LogP contribution in [0.25, 0.3) is 0 Å². The molecule has 2 heterocycles. The number of hydrogen-bond donors (Lipinski definition) is 1. The lowest BCUT2D eigenvalue weighted by Gasteiger charge is -2.34. The molecule has 1 amide bonds. The largest absolute Gasteiger partial charge is 0.339 e. The van der Waals surface area contributed by atoms with E-state index in [-0.39, 0.29) is 5.91 Å². The third-order valence-electron chi connectivity index (χ3n) is 4.42. The number of carbonyl (C=O) groups is 1. The predicted octanol–water partition coefficient (Wildman–Crippen LogP) is 4.93. The van der Waals surface area contributed by atoms with Gasteiger partial charge >= 0.3 is 0 Å². The number of nitrogens with zero attached hydrogens (tertiary/aromatic N) is 3. The van der Waals surface area contributed by atoms with Crippen molar-refractivity contribution < 1.29 is 4.79 Å². The molecule has 1 saturated heterocycles. The number of halogens is 2. The third-order valence-corrected chi connectivity index (χ3v) is 5.16. The first-order valence-corrected chi connectivity index (χ1v) is 9.19. The lowest BCUT2D eigenvalue weighted by molar-refractivity contribution is 0.0601. The van der Waals surface area contributed by atoms with Gasteiger partial charge in [-0.2, -0.15) is 0 Å². The molecule has 0 aliphatic carbocycles. The summed E-state index contributed by atoms with van der Waals surface area (Å²) >= 11 is 11.9. The maximum absolute atomic E-state index is 12.7. The Hall–Kier alpha value is -1.85. The Morgan fingerprint density at radius 1 is 1.24 bits per heavy atom. The van der Waals surface area contributed by atoms with Crippen molar-refractivity contribution >= 4 is 40.6 Å². The van der Waals surface area contributed by atoms with Crippen molar-refractivity contribution in [3.8, 4) is 0 Å². The molecule has 2 aromatic rings. The Kier molecular flexibility index (Phi) is 5.76. The fourth-order valence-electron chi connectivity index (χ4n) is 3.06. The van der Waals surface area contributed by atoms with E-state index in [1.54, 1.807) is 24.4 Å². The minimum Gasteiger partial charge on any atom is -0.339 e. The van der Waals surface area contributed by atoms with Gasteiger partial charge in [-0.05, 0) is 43.9 Å². The van der Waals surface area contributed by atoms with Gasteiger partial charge in [0.25, 0.3) is 5.91 Å². The molecular weight excluding hydrogens is 359 g/mol. The van der Waals surface area contributed by atoms with Gasteiger partial charge in [0, 0.05) is 18.3 Å². The summed E-state index contributed by atoms with van der Waals surface area (Å²) in [7, 11) is 0. The van der Waals surface area contributed by atoms with E-state index in [2.05, 4.69) is 22.2 Å². The van der Waals surface area contributed by atoms with Gasteiger partial charge < -0.3 is 10.2 Å². The molecule has 5 nitrogen and oxygen atoms in total. The topological polar surface area (TPSA) is 58.1 Å². The predicted molar refractivity (Wildman–Crippen MR) is 101 cm³/mol. The van der Waals surface area contributed by atoms with Gasteiger partial charge in [0.05, 0.1) is 22.4 Å². The highest BCUT2D eigenvalue weighted by atomic mass is 35.5. The molecule has 1 fully saturated rings. The number of benzene rings is 1. The van der Waals surface area contributed by atoms with Gasteiger partial charge in [0.1, 0.15) is 11.5 Å². The van der Waals surface area contributed by atoms with Crippen molar-refractivity contribution in [3.05, 3.63) is 46.3 Å². The van der Waals surface area contributed by atoms with Crippen molar-refractivity contribution in [1.82, 2.24) is 14.9 Å². The highest BCUT2D eigenvalue weighted by molar-refractivity contribution is 6.42. The molecule has 25 heavy (non-hydrogen) atoms. The fourth-order valence-corrected chi connectivity index (χ4v) is 3.36. The highest BCUT2D eigenvalue weighted by Crippen LogP contribution is 2.26. The summed E-state index contributed by atoms with van der Waals surface area (Å²) < 4.78 is 0. The lowest BCUT2D eigenvalue weighted by Crippen LogP contribution is -2.43. The molecule has 1 aromatic carbocycles.